The molecule has 0 aliphatic rings. The van der Waals surface area contributed by atoms with Crippen molar-refractivity contribution in [3.63, 3.8) is 0 Å². The molecule has 6 nitrogen and oxygen atoms in total. The zero-order valence-corrected chi connectivity index (χ0v) is 17.6. The third-order valence-corrected chi connectivity index (χ3v) is 4.83. The average Bonchev–Trinajstić information content (AvgIpc) is 3.26. The molecule has 3 aromatic rings. The second-order valence-corrected chi connectivity index (χ2v) is 6.60. The van der Waals surface area contributed by atoms with Gasteiger partial charge in [0.1, 0.15) is 5.69 Å². The van der Waals surface area contributed by atoms with E-state index < -0.39 is 0 Å². The van der Waals surface area contributed by atoms with Crippen molar-refractivity contribution in [1.29, 1.82) is 0 Å². The molecule has 0 fully saturated rings. The highest BCUT2D eigenvalue weighted by Gasteiger charge is 2.24. The Labute approximate surface area is 171 Å². The predicted molar refractivity (Wildman–Crippen MR) is 112 cm³/mol. The summed E-state index contributed by atoms with van der Waals surface area (Å²) in [6.45, 7) is 2.20. The van der Waals surface area contributed by atoms with Gasteiger partial charge in [-0.1, -0.05) is 42.8 Å². The number of ether oxygens (including phenoxy) is 4. The third-order valence-electron chi connectivity index (χ3n) is 4.83. The topological polar surface area (TPSA) is 63.0 Å². The summed E-state index contributed by atoms with van der Waals surface area (Å²) in [5.41, 5.74) is 3.60. The van der Waals surface area contributed by atoms with E-state index in [1.165, 1.54) is 18.4 Å². The Morgan fingerprint density at radius 2 is 1.52 bits per heavy atom. The highest BCUT2D eigenvalue weighted by Crippen LogP contribution is 2.50. The van der Waals surface area contributed by atoms with Crippen molar-refractivity contribution in [2.45, 2.75) is 26.2 Å². The van der Waals surface area contributed by atoms with Crippen molar-refractivity contribution in [1.82, 2.24) is 5.16 Å². The van der Waals surface area contributed by atoms with Gasteiger partial charge in [-0.2, -0.15) is 0 Å². The average molecular weight is 397 g/mol. The molecule has 0 aliphatic carbocycles. The Kier molecular flexibility index (Phi) is 6.65. The molecule has 0 saturated carbocycles. The minimum Gasteiger partial charge on any atom is -0.493 e. The van der Waals surface area contributed by atoms with E-state index in [1.807, 2.05) is 6.07 Å². The van der Waals surface area contributed by atoms with Gasteiger partial charge in [-0.3, -0.25) is 0 Å². The number of aromatic nitrogens is 1. The SMILES string of the molecule is CCCCc1ccc(-c2cc(-c3cc(OC)c(OC)c(OC)c3OC)no2)cc1. The van der Waals surface area contributed by atoms with Crippen LogP contribution in [0.15, 0.2) is 40.9 Å². The molecule has 0 amide bonds. The van der Waals surface area contributed by atoms with Crippen LogP contribution in [-0.4, -0.2) is 33.6 Å². The smallest absolute Gasteiger partial charge is 0.207 e. The number of benzene rings is 2. The van der Waals surface area contributed by atoms with Gasteiger partial charge in [0.25, 0.3) is 0 Å². The molecular weight excluding hydrogens is 370 g/mol. The summed E-state index contributed by atoms with van der Waals surface area (Å²) in [4.78, 5) is 0. The van der Waals surface area contributed by atoms with Crippen LogP contribution < -0.4 is 18.9 Å². The molecule has 0 unspecified atom stereocenters. The lowest BCUT2D eigenvalue weighted by Crippen LogP contribution is -1.99. The van der Waals surface area contributed by atoms with Crippen LogP contribution in [0.25, 0.3) is 22.6 Å². The lowest BCUT2D eigenvalue weighted by molar-refractivity contribution is 0.306. The van der Waals surface area contributed by atoms with Crippen LogP contribution >= 0.6 is 0 Å². The Hall–Kier alpha value is -3.15. The normalized spacial score (nSPS) is 10.7. The monoisotopic (exact) mass is 397 g/mol. The zero-order chi connectivity index (χ0) is 20.8. The fourth-order valence-corrected chi connectivity index (χ4v) is 3.28. The van der Waals surface area contributed by atoms with Gasteiger partial charge < -0.3 is 23.5 Å². The van der Waals surface area contributed by atoms with Gasteiger partial charge in [0, 0.05) is 11.6 Å². The van der Waals surface area contributed by atoms with E-state index >= 15 is 0 Å². The predicted octanol–water partition coefficient (Wildman–Crippen LogP) is 5.39. The molecule has 1 heterocycles. The lowest BCUT2D eigenvalue weighted by Gasteiger charge is -2.17. The van der Waals surface area contributed by atoms with Gasteiger partial charge in [0.15, 0.2) is 17.3 Å². The first-order valence-corrected chi connectivity index (χ1v) is 9.60. The van der Waals surface area contributed by atoms with Gasteiger partial charge >= 0.3 is 0 Å². The number of hydrogen-bond acceptors (Lipinski definition) is 6. The van der Waals surface area contributed by atoms with Crippen LogP contribution in [0.2, 0.25) is 0 Å². The molecule has 0 spiro atoms. The van der Waals surface area contributed by atoms with Gasteiger partial charge in [-0.25, -0.2) is 0 Å². The fraction of sp³-hybridized carbons (Fsp3) is 0.348. The van der Waals surface area contributed by atoms with E-state index in [-0.39, 0.29) is 0 Å². The second-order valence-electron chi connectivity index (χ2n) is 6.60. The first-order valence-electron chi connectivity index (χ1n) is 9.60. The summed E-state index contributed by atoms with van der Waals surface area (Å²) >= 11 is 0. The van der Waals surface area contributed by atoms with E-state index in [9.17, 15) is 0 Å². The molecule has 0 saturated heterocycles. The number of nitrogens with zero attached hydrogens (tertiary/aromatic N) is 1. The van der Waals surface area contributed by atoms with Crippen LogP contribution in [0.4, 0.5) is 0 Å². The highest BCUT2D eigenvalue weighted by molar-refractivity contribution is 5.79. The van der Waals surface area contributed by atoms with E-state index in [1.54, 1.807) is 34.5 Å². The number of hydrogen-bond donors (Lipinski definition) is 0. The van der Waals surface area contributed by atoms with Crippen LogP contribution in [0, 0.1) is 0 Å². The maximum atomic E-state index is 5.61. The van der Waals surface area contributed by atoms with Crippen molar-refractivity contribution in [2.75, 3.05) is 28.4 Å². The quantitative estimate of drug-likeness (QED) is 0.483. The Balaban J connectivity index is 1.99. The minimum absolute atomic E-state index is 0.439. The van der Waals surface area contributed by atoms with Crippen LogP contribution in [0.3, 0.4) is 0 Å². The molecule has 0 atom stereocenters. The standard InChI is InChI=1S/C23H27NO5/c1-6-7-8-15-9-11-16(12-10-15)19-14-18(24-29-19)17-13-20(25-2)22(27-4)23(28-5)21(17)26-3/h9-14H,6-8H2,1-5H3. The number of aryl methyl sites for hydroxylation is 1. The second kappa shape index (κ2) is 9.37. The van der Waals surface area contributed by atoms with Crippen molar-refractivity contribution < 1.29 is 23.5 Å². The van der Waals surface area contributed by atoms with Gasteiger partial charge in [0.05, 0.1) is 34.0 Å². The summed E-state index contributed by atoms with van der Waals surface area (Å²) in [7, 11) is 6.25. The molecular formula is C23H27NO5. The van der Waals surface area contributed by atoms with Gasteiger partial charge in [-0.15, -0.1) is 0 Å². The van der Waals surface area contributed by atoms with E-state index in [0.29, 0.717) is 40.0 Å². The minimum atomic E-state index is 0.439. The van der Waals surface area contributed by atoms with E-state index in [2.05, 4.69) is 36.3 Å². The maximum Gasteiger partial charge on any atom is 0.207 e. The molecule has 1 aromatic heterocycles. The number of rotatable bonds is 9. The summed E-state index contributed by atoms with van der Waals surface area (Å²) in [6.07, 6.45) is 3.46. The summed E-state index contributed by atoms with van der Waals surface area (Å²) in [5.74, 6) is 2.60. The molecule has 0 N–H and O–H groups in total. The van der Waals surface area contributed by atoms with E-state index in [0.717, 1.165) is 12.0 Å². The molecule has 2 aromatic carbocycles. The number of unbranched alkanes of at least 4 members (excludes halogenated alkanes) is 1. The Morgan fingerprint density at radius 3 is 2.10 bits per heavy atom. The van der Waals surface area contributed by atoms with Crippen LogP contribution in [-0.2, 0) is 6.42 Å². The Bertz CT molecular complexity index is 947. The summed E-state index contributed by atoms with van der Waals surface area (Å²) in [5, 5.41) is 4.24. The van der Waals surface area contributed by atoms with Crippen LogP contribution in [0.5, 0.6) is 23.0 Å². The molecule has 0 aliphatic heterocycles. The largest absolute Gasteiger partial charge is 0.493 e. The van der Waals surface area contributed by atoms with Crippen molar-refractivity contribution in [3.8, 4) is 45.6 Å². The van der Waals surface area contributed by atoms with Crippen molar-refractivity contribution in [3.05, 3.63) is 42.0 Å². The van der Waals surface area contributed by atoms with Crippen LogP contribution in [0.1, 0.15) is 25.3 Å². The maximum absolute atomic E-state index is 5.61. The van der Waals surface area contributed by atoms with Gasteiger partial charge in [-0.05, 0) is 24.5 Å². The highest BCUT2D eigenvalue weighted by atomic mass is 16.5. The Morgan fingerprint density at radius 1 is 0.828 bits per heavy atom. The fourth-order valence-electron chi connectivity index (χ4n) is 3.28. The van der Waals surface area contributed by atoms with E-state index in [4.69, 9.17) is 23.5 Å². The van der Waals surface area contributed by atoms with Crippen molar-refractivity contribution in [2.24, 2.45) is 0 Å². The molecule has 0 radical (unpaired) electrons. The summed E-state index contributed by atoms with van der Waals surface area (Å²) < 4.78 is 27.6. The molecule has 6 heteroatoms. The molecule has 3 rings (SSSR count). The zero-order valence-electron chi connectivity index (χ0n) is 17.6. The first kappa shape index (κ1) is 20.6. The number of methoxy groups -OCH3 is 4. The third kappa shape index (κ3) is 4.16. The molecule has 0 bridgehead atoms. The lowest BCUT2D eigenvalue weighted by atomic mass is 10.0. The summed E-state index contributed by atoms with van der Waals surface area (Å²) in [6, 6.07) is 12.1. The molecule has 29 heavy (non-hydrogen) atoms. The van der Waals surface area contributed by atoms with Gasteiger partial charge in [0.2, 0.25) is 11.5 Å². The molecule has 154 valence electrons. The first-order chi connectivity index (χ1) is 14.2. The van der Waals surface area contributed by atoms with Crippen molar-refractivity contribution >= 4 is 0 Å².